The molecule has 0 bridgehead atoms. The summed E-state index contributed by atoms with van der Waals surface area (Å²) in [6, 6.07) is 136. The van der Waals surface area contributed by atoms with Crippen molar-refractivity contribution in [1.82, 2.24) is 0 Å². The Morgan fingerprint density at radius 3 is 0.955 bits per heavy atom. The summed E-state index contributed by atoms with van der Waals surface area (Å²) in [5.41, 5.74) is 24.6. The molecule has 1 saturated heterocycles. The van der Waals surface area contributed by atoms with Crippen molar-refractivity contribution in [3.8, 4) is 77.9 Å². The van der Waals surface area contributed by atoms with Crippen LogP contribution >= 0.6 is 15.9 Å². The molecule has 3 radical (unpaired) electrons. The van der Waals surface area contributed by atoms with E-state index in [1.165, 1.54) is 165 Å². The molecule has 3 aliphatic rings. The summed E-state index contributed by atoms with van der Waals surface area (Å²) < 4.78 is 13.7. The molecular weight excluding hydrogens is 1400 g/mol. The number of halogens is 1. The number of benzene rings is 18. The van der Waals surface area contributed by atoms with Gasteiger partial charge in [0.2, 0.25) is 0 Å². The Hall–Kier alpha value is -12.4. The van der Waals surface area contributed by atoms with E-state index in [1.54, 1.807) is 0 Å². The Bertz CT molecular complexity index is 6490. The summed E-state index contributed by atoms with van der Waals surface area (Å²) in [5, 5.41) is 15.5. The molecule has 0 spiro atoms. The van der Waals surface area contributed by atoms with Crippen molar-refractivity contribution in [2.45, 2.75) is 46.3 Å². The van der Waals surface area contributed by atoms with E-state index in [2.05, 4.69) is 430 Å². The van der Waals surface area contributed by atoms with Gasteiger partial charge in [-0.1, -0.05) is 315 Å². The van der Waals surface area contributed by atoms with E-state index in [-0.39, 0.29) is 34.2 Å². The van der Waals surface area contributed by atoms with Gasteiger partial charge in [0.25, 0.3) is 0 Å². The third-order valence-corrected chi connectivity index (χ3v) is 23.0. The second-order valence-electron chi connectivity index (χ2n) is 29.4. The summed E-state index contributed by atoms with van der Waals surface area (Å²) in [5.74, 6) is 0. The summed E-state index contributed by atoms with van der Waals surface area (Å²) in [6.45, 7) is 8.37. The van der Waals surface area contributed by atoms with Gasteiger partial charge < -0.3 is 19.1 Å². The van der Waals surface area contributed by atoms with Crippen molar-refractivity contribution in [2.75, 3.05) is 9.80 Å². The summed E-state index contributed by atoms with van der Waals surface area (Å²) >= 11 is 3.66. The highest BCUT2D eigenvalue weighted by atomic mass is 79.9. The van der Waals surface area contributed by atoms with Gasteiger partial charge in [-0.15, -0.1) is 0 Å². The molecular formula is C103H78B2BrN2O2. The van der Waals surface area contributed by atoms with Crippen LogP contribution in [0.2, 0.25) is 0 Å². The lowest BCUT2D eigenvalue weighted by atomic mass is 9.78. The van der Waals surface area contributed by atoms with Gasteiger partial charge in [0.15, 0.2) is 0 Å². The maximum Gasteiger partial charge on any atom is 0.494 e. The topological polar surface area (TPSA) is 24.9 Å². The predicted octanol–water partition coefficient (Wildman–Crippen LogP) is 28.5. The van der Waals surface area contributed by atoms with E-state index in [1.807, 2.05) is 0 Å². The van der Waals surface area contributed by atoms with E-state index in [4.69, 9.17) is 9.31 Å². The highest BCUT2D eigenvalue weighted by Gasteiger charge is 2.51. The van der Waals surface area contributed by atoms with Crippen LogP contribution in [-0.2, 0) is 9.31 Å². The predicted molar refractivity (Wildman–Crippen MR) is 475 cm³/mol. The van der Waals surface area contributed by atoms with E-state index >= 15 is 0 Å². The van der Waals surface area contributed by atoms with Crippen molar-refractivity contribution < 1.29 is 9.31 Å². The fraction of sp³-hybridized carbons (Fsp3) is 0.0680. The molecule has 3 aliphatic heterocycles. The maximum absolute atomic E-state index is 6.29. The molecule has 7 heteroatoms. The number of para-hydroxylation sites is 4. The molecule has 0 aliphatic carbocycles. The Kier molecular flexibility index (Phi) is 18.6. The minimum atomic E-state index is -0.361. The second-order valence-corrected chi connectivity index (χ2v) is 30.3. The van der Waals surface area contributed by atoms with Gasteiger partial charge in [0.1, 0.15) is 0 Å². The van der Waals surface area contributed by atoms with Crippen molar-refractivity contribution in [3.05, 3.63) is 381 Å². The molecule has 110 heavy (non-hydrogen) atoms. The molecule has 0 N–H and O–H groups in total. The van der Waals surface area contributed by atoms with Crippen molar-refractivity contribution in [2.24, 2.45) is 0 Å². The SMILES string of the molecule is Brc1ccc2c(c1)-c1ccccc1-c1ccccc1N2c1ccccc1.C.CC1(C)OB(c2cccc(-c3ccc4c5ccccc5c5ccccc5c4c3)c2)OC1(C)C.[B].c1ccc(N2c3ccccc3-c3ccccc3-c3cc(-c4cccc(-c5ccc6c7ccccc7c7ccccc7c6c5)c4)ccc32)cc1. The Labute approximate surface area is 655 Å². The molecule has 4 nitrogen and oxygen atoms in total. The zero-order valence-corrected chi connectivity index (χ0v) is 62.6. The van der Waals surface area contributed by atoms with Crippen molar-refractivity contribution in [3.63, 3.8) is 0 Å². The zero-order valence-electron chi connectivity index (χ0n) is 61.0. The minimum Gasteiger partial charge on any atom is -0.399 e. The first-order valence-corrected chi connectivity index (χ1v) is 38.0. The molecule has 0 aromatic heterocycles. The van der Waals surface area contributed by atoms with E-state index in [9.17, 15) is 0 Å². The minimum absolute atomic E-state index is 0. The molecule has 0 amide bonds. The number of fused-ring (bicyclic) bond motifs is 22. The molecule has 18 aromatic carbocycles. The lowest BCUT2D eigenvalue weighted by Crippen LogP contribution is -2.41. The van der Waals surface area contributed by atoms with E-state index in [0.29, 0.717) is 0 Å². The van der Waals surface area contributed by atoms with E-state index < -0.39 is 0 Å². The molecule has 0 atom stereocenters. The standard InChI is InChI=1S/C48H31N.C30H27BO2.C24H16BrN.CH4.B/c1-2-15-36(16-3-1)49-47-24-11-10-23-44(47)40-20-7-9-22-42(40)46-31-35(26-28-48(46)49)33-14-12-13-32(29-33)34-25-27-43-39-19-5-4-17-37(39)38-18-6-8-21-41(38)45(43)30-34;1-29(2)30(3,4)33-31(32-29)22-11-9-10-20(18-22)21-16-17-27-25-14-6-5-12-23(25)24-13-7-8-15-26(24)28(27)19-21;25-17-14-15-24-22(16-17)20-11-5-4-10-19(20)21-12-6-7-13-23(21)26(24)18-8-2-1-3-9-18;;/h1-31H;5-19H,1-4H3;1-16H;1H4;. The number of anilines is 6. The average Bonchev–Trinajstić information content (AvgIpc) is 1.37. The molecule has 18 aromatic rings. The smallest absolute Gasteiger partial charge is 0.399 e. The third-order valence-electron chi connectivity index (χ3n) is 22.5. The molecule has 525 valence electrons. The number of rotatable bonds is 6. The lowest BCUT2D eigenvalue weighted by Gasteiger charge is -2.32. The van der Waals surface area contributed by atoms with Gasteiger partial charge >= 0.3 is 7.12 Å². The van der Waals surface area contributed by atoms with Crippen molar-refractivity contribution >= 4 is 136 Å². The van der Waals surface area contributed by atoms with Gasteiger partial charge in [-0.3, -0.25) is 0 Å². The van der Waals surface area contributed by atoms with Crippen LogP contribution in [0.25, 0.3) is 143 Å². The monoisotopic (exact) mass is 1480 g/mol. The number of hydrogen-bond donors (Lipinski definition) is 0. The molecule has 0 saturated carbocycles. The fourth-order valence-electron chi connectivity index (χ4n) is 16.6. The van der Waals surface area contributed by atoms with Crippen molar-refractivity contribution in [1.29, 1.82) is 0 Å². The van der Waals surface area contributed by atoms with Gasteiger partial charge in [-0.05, 0) is 238 Å². The van der Waals surface area contributed by atoms with Crippen LogP contribution in [0.5, 0.6) is 0 Å². The van der Waals surface area contributed by atoms with Gasteiger partial charge in [0, 0.05) is 46.5 Å². The summed E-state index contributed by atoms with van der Waals surface area (Å²) in [4.78, 5) is 4.77. The van der Waals surface area contributed by atoms with Crippen LogP contribution in [0.15, 0.2) is 381 Å². The highest BCUT2D eigenvalue weighted by molar-refractivity contribution is 9.10. The second kappa shape index (κ2) is 29.0. The first-order valence-electron chi connectivity index (χ1n) is 37.2. The zero-order chi connectivity index (χ0) is 72.6. The van der Waals surface area contributed by atoms with Gasteiger partial charge in [0.05, 0.1) is 34.0 Å². The van der Waals surface area contributed by atoms with Gasteiger partial charge in [-0.25, -0.2) is 0 Å². The third kappa shape index (κ3) is 12.4. The number of nitrogens with zero attached hydrogens (tertiary/aromatic N) is 2. The van der Waals surface area contributed by atoms with Crippen LogP contribution in [-0.4, -0.2) is 26.7 Å². The largest absolute Gasteiger partial charge is 0.494 e. The molecule has 3 heterocycles. The molecule has 21 rings (SSSR count). The highest BCUT2D eigenvalue weighted by Crippen LogP contribution is 2.54. The Morgan fingerprint density at radius 1 is 0.236 bits per heavy atom. The molecule has 1 fully saturated rings. The number of hydrogen-bond acceptors (Lipinski definition) is 4. The van der Waals surface area contributed by atoms with Gasteiger partial charge in [-0.2, -0.15) is 0 Å². The normalized spacial score (nSPS) is 13.4. The Morgan fingerprint density at radius 2 is 0.527 bits per heavy atom. The van der Waals surface area contributed by atoms with Crippen LogP contribution in [0.4, 0.5) is 34.1 Å². The quantitative estimate of drug-likeness (QED) is 0.122. The first-order chi connectivity index (χ1) is 53.0. The Balaban J connectivity index is 0.000000126. The van der Waals surface area contributed by atoms with Crippen LogP contribution < -0.4 is 15.3 Å². The van der Waals surface area contributed by atoms with E-state index in [0.717, 1.165) is 21.3 Å². The first kappa shape index (κ1) is 70.6. The summed E-state index contributed by atoms with van der Waals surface area (Å²) in [7, 11) is -0.361. The van der Waals surface area contributed by atoms with Crippen LogP contribution in [0.3, 0.4) is 0 Å². The van der Waals surface area contributed by atoms with Crippen LogP contribution in [0.1, 0.15) is 35.1 Å². The molecule has 0 unspecified atom stereocenters. The summed E-state index contributed by atoms with van der Waals surface area (Å²) in [6.07, 6.45) is 0. The average molecular weight is 1480 g/mol. The van der Waals surface area contributed by atoms with Crippen LogP contribution in [0, 0.1) is 0 Å². The lowest BCUT2D eigenvalue weighted by molar-refractivity contribution is 0.00578. The fourth-order valence-corrected chi connectivity index (χ4v) is 17.0. The maximum atomic E-state index is 6.29.